The zero-order chi connectivity index (χ0) is 26.0. The van der Waals surface area contributed by atoms with Crippen molar-refractivity contribution in [2.45, 2.75) is 18.9 Å². The van der Waals surface area contributed by atoms with Crippen molar-refractivity contribution in [2.24, 2.45) is 0 Å². The van der Waals surface area contributed by atoms with Crippen LogP contribution < -0.4 is 16.1 Å². The second-order valence-electron chi connectivity index (χ2n) is 8.55. The maximum absolute atomic E-state index is 13.1. The molecule has 1 atom stereocenters. The number of hydrogen-bond acceptors (Lipinski definition) is 4. The number of rotatable bonds is 10. The molecule has 4 aromatic rings. The van der Waals surface area contributed by atoms with Crippen molar-refractivity contribution in [3.8, 4) is 0 Å². The Kier molecular flexibility index (Phi) is 8.46. The van der Waals surface area contributed by atoms with Crippen LogP contribution in [0, 0.1) is 0 Å². The van der Waals surface area contributed by atoms with E-state index in [0.29, 0.717) is 24.9 Å². The van der Waals surface area contributed by atoms with Crippen molar-refractivity contribution >= 4 is 34.7 Å². The highest BCUT2D eigenvalue weighted by atomic mass is 16.5. The van der Waals surface area contributed by atoms with E-state index >= 15 is 0 Å². The number of carbonyl (C=O) groups excluding carboxylic acids is 3. The number of carbonyl (C=O) groups is 3. The van der Waals surface area contributed by atoms with Crippen molar-refractivity contribution < 1.29 is 19.6 Å². The number of hydroxylamine groups is 1. The van der Waals surface area contributed by atoms with Crippen LogP contribution in [0.2, 0.25) is 0 Å². The highest BCUT2D eigenvalue weighted by Crippen LogP contribution is 2.19. The minimum Gasteiger partial charge on any atom is -0.361 e. The van der Waals surface area contributed by atoms with Gasteiger partial charge in [-0.25, -0.2) is 5.48 Å². The Balaban J connectivity index is 1.44. The third kappa shape index (κ3) is 6.93. The van der Waals surface area contributed by atoms with Crippen molar-refractivity contribution in [1.82, 2.24) is 21.1 Å². The number of aromatic amines is 1. The highest BCUT2D eigenvalue weighted by molar-refractivity contribution is 5.96. The van der Waals surface area contributed by atoms with Crippen LogP contribution >= 0.6 is 0 Å². The fraction of sp³-hybridized carbons (Fsp3) is 0.138. The molecule has 37 heavy (non-hydrogen) atoms. The van der Waals surface area contributed by atoms with E-state index in [1.165, 1.54) is 18.2 Å². The van der Waals surface area contributed by atoms with E-state index in [0.717, 1.165) is 22.0 Å². The Morgan fingerprint density at radius 1 is 0.919 bits per heavy atom. The number of H-pyrrole nitrogens is 1. The largest absolute Gasteiger partial charge is 0.361 e. The van der Waals surface area contributed by atoms with Gasteiger partial charge in [-0.3, -0.25) is 19.6 Å². The van der Waals surface area contributed by atoms with E-state index in [1.807, 2.05) is 60.8 Å². The topological polar surface area (TPSA) is 123 Å². The molecule has 4 rings (SSSR count). The van der Waals surface area contributed by atoms with E-state index in [4.69, 9.17) is 5.21 Å². The Labute approximate surface area is 214 Å². The first-order chi connectivity index (χ1) is 18.0. The Hall–Kier alpha value is -4.69. The molecule has 0 aliphatic rings. The summed E-state index contributed by atoms with van der Waals surface area (Å²) in [5, 5.41) is 15.5. The smallest absolute Gasteiger partial charge is 0.274 e. The minimum atomic E-state index is -0.775. The SMILES string of the molecule is O=C(/C=C/c1ccc(C(=O)NO)cc1)N[C@@H](Cc1c[nH]c2ccccc12)C(=O)NCCc1ccccc1. The molecule has 0 unspecified atom stereocenters. The van der Waals surface area contributed by atoms with Gasteiger partial charge < -0.3 is 15.6 Å². The van der Waals surface area contributed by atoms with E-state index in [1.54, 1.807) is 23.7 Å². The summed E-state index contributed by atoms with van der Waals surface area (Å²) in [6, 6.07) is 23.3. The first-order valence-corrected chi connectivity index (χ1v) is 11.9. The quantitative estimate of drug-likeness (QED) is 0.131. The number of aromatic nitrogens is 1. The zero-order valence-corrected chi connectivity index (χ0v) is 20.1. The first kappa shape index (κ1) is 25.4. The fourth-order valence-electron chi connectivity index (χ4n) is 4.03. The number of fused-ring (bicyclic) bond motifs is 1. The molecule has 8 nitrogen and oxygen atoms in total. The van der Waals surface area contributed by atoms with Crippen LogP contribution in [0.5, 0.6) is 0 Å². The fourth-order valence-corrected chi connectivity index (χ4v) is 4.03. The van der Waals surface area contributed by atoms with Gasteiger partial charge in [0.1, 0.15) is 6.04 Å². The van der Waals surface area contributed by atoms with E-state index in [-0.39, 0.29) is 11.5 Å². The summed E-state index contributed by atoms with van der Waals surface area (Å²) in [6.45, 7) is 0.451. The van der Waals surface area contributed by atoms with Gasteiger partial charge in [0, 0.05) is 41.7 Å². The van der Waals surface area contributed by atoms with Gasteiger partial charge in [-0.15, -0.1) is 0 Å². The first-order valence-electron chi connectivity index (χ1n) is 11.9. The van der Waals surface area contributed by atoms with Gasteiger partial charge in [0.05, 0.1) is 0 Å². The zero-order valence-electron chi connectivity index (χ0n) is 20.1. The molecule has 3 aromatic carbocycles. The summed E-state index contributed by atoms with van der Waals surface area (Å²) in [5.74, 6) is -1.30. The van der Waals surface area contributed by atoms with Crippen LogP contribution in [0.4, 0.5) is 0 Å². The lowest BCUT2D eigenvalue weighted by Gasteiger charge is -2.18. The van der Waals surface area contributed by atoms with Gasteiger partial charge in [0.25, 0.3) is 5.91 Å². The summed E-state index contributed by atoms with van der Waals surface area (Å²) >= 11 is 0. The Morgan fingerprint density at radius 2 is 1.65 bits per heavy atom. The lowest BCUT2D eigenvalue weighted by Crippen LogP contribution is -2.48. The molecule has 0 fully saturated rings. The molecule has 0 bridgehead atoms. The molecule has 1 heterocycles. The lowest BCUT2D eigenvalue weighted by atomic mass is 10.0. The van der Waals surface area contributed by atoms with Crippen molar-refractivity contribution in [3.05, 3.63) is 113 Å². The van der Waals surface area contributed by atoms with Gasteiger partial charge in [0.15, 0.2) is 0 Å². The molecular formula is C29H28N4O4. The lowest BCUT2D eigenvalue weighted by molar-refractivity contribution is -0.127. The molecule has 0 saturated carbocycles. The predicted octanol–water partition coefficient (Wildman–Crippen LogP) is 3.39. The van der Waals surface area contributed by atoms with E-state index in [9.17, 15) is 14.4 Å². The third-order valence-electron chi connectivity index (χ3n) is 5.99. The summed E-state index contributed by atoms with van der Waals surface area (Å²) in [6.07, 6.45) is 5.81. The van der Waals surface area contributed by atoms with E-state index in [2.05, 4.69) is 15.6 Å². The second kappa shape index (κ2) is 12.3. The monoisotopic (exact) mass is 496 g/mol. The molecular weight excluding hydrogens is 468 g/mol. The maximum atomic E-state index is 13.1. The van der Waals surface area contributed by atoms with Crippen molar-refractivity contribution in [2.75, 3.05) is 6.54 Å². The second-order valence-corrected chi connectivity index (χ2v) is 8.55. The summed E-state index contributed by atoms with van der Waals surface area (Å²) in [5.41, 5.74) is 5.56. The van der Waals surface area contributed by atoms with Crippen LogP contribution in [-0.2, 0) is 22.4 Å². The minimum absolute atomic E-state index is 0.262. The van der Waals surface area contributed by atoms with Gasteiger partial charge >= 0.3 is 0 Å². The molecule has 0 radical (unpaired) electrons. The van der Waals surface area contributed by atoms with Gasteiger partial charge in [-0.2, -0.15) is 0 Å². The normalized spacial score (nSPS) is 11.8. The Morgan fingerprint density at radius 3 is 2.41 bits per heavy atom. The molecule has 1 aromatic heterocycles. The summed E-state index contributed by atoms with van der Waals surface area (Å²) < 4.78 is 0. The van der Waals surface area contributed by atoms with E-state index < -0.39 is 17.9 Å². The third-order valence-corrected chi connectivity index (χ3v) is 5.99. The molecule has 0 spiro atoms. The van der Waals surface area contributed by atoms with Crippen molar-refractivity contribution in [3.63, 3.8) is 0 Å². The number of hydrogen-bond donors (Lipinski definition) is 5. The predicted molar refractivity (Wildman–Crippen MR) is 142 cm³/mol. The number of para-hydroxylation sites is 1. The molecule has 5 N–H and O–H groups in total. The number of amides is 3. The number of nitrogens with one attached hydrogen (secondary N) is 4. The average Bonchev–Trinajstić information content (AvgIpc) is 3.34. The van der Waals surface area contributed by atoms with Crippen LogP contribution in [0.3, 0.4) is 0 Å². The van der Waals surface area contributed by atoms with Crippen molar-refractivity contribution in [1.29, 1.82) is 0 Å². The molecule has 0 aliphatic heterocycles. The van der Waals surface area contributed by atoms with Gasteiger partial charge in [0.2, 0.25) is 11.8 Å². The van der Waals surface area contributed by atoms with Crippen LogP contribution in [-0.4, -0.2) is 40.5 Å². The van der Waals surface area contributed by atoms with Crippen LogP contribution in [0.15, 0.2) is 91.1 Å². The maximum Gasteiger partial charge on any atom is 0.274 e. The Bertz CT molecular complexity index is 1390. The molecule has 0 saturated heterocycles. The highest BCUT2D eigenvalue weighted by Gasteiger charge is 2.21. The molecule has 3 amide bonds. The standard InChI is InChI=1S/C29H28N4O4/c34-27(15-12-21-10-13-22(14-11-21)28(35)33-37)32-26(18-23-19-31-25-9-5-4-8-24(23)25)29(36)30-17-16-20-6-2-1-3-7-20/h1-15,19,26,31,37H,16-18H2,(H,30,36)(H,32,34)(H,33,35)/b15-12+/t26-/m0/s1. The molecule has 188 valence electrons. The molecule has 8 heteroatoms. The average molecular weight is 497 g/mol. The summed E-state index contributed by atoms with van der Waals surface area (Å²) in [7, 11) is 0. The summed E-state index contributed by atoms with van der Waals surface area (Å²) in [4.78, 5) is 40.5. The van der Waals surface area contributed by atoms with Gasteiger partial charge in [-0.1, -0.05) is 60.7 Å². The van der Waals surface area contributed by atoms with Gasteiger partial charge in [-0.05, 0) is 47.4 Å². The molecule has 0 aliphatic carbocycles. The van der Waals surface area contributed by atoms with Crippen LogP contribution in [0.1, 0.15) is 27.0 Å². The number of benzene rings is 3. The van der Waals surface area contributed by atoms with Crippen LogP contribution in [0.25, 0.3) is 17.0 Å².